The first-order valence-electron chi connectivity index (χ1n) is 7.35. The van der Waals surface area contributed by atoms with Gasteiger partial charge < -0.3 is 4.74 Å². The van der Waals surface area contributed by atoms with Gasteiger partial charge in [0.2, 0.25) is 0 Å². The molecule has 1 heterocycles. The van der Waals surface area contributed by atoms with E-state index in [9.17, 15) is 4.79 Å². The second-order valence-electron chi connectivity index (χ2n) is 5.07. The summed E-state index contributed by atoms with van der Waals surface area (Å²) in [6.45, 7) is 0. The van der Waals surface area contributed by atoms with Crippen LogP contribution in [0.5, 0.6) is 5.75 Å². The van der Waals surface area contributed by atoms with Gasteiger partial charge in [-0.15, -0.1) is 23.1 Å². The average Bonchev–Trinajstić information content (AvgIpc) is 3.10. The van der Waals surface area contributed by atoms with Crippen molar-refractivity contribution in [3.63, 3.8) is 0 Å². The Kier molecular flexibility index (Phi) is 5.63. The standard InChI is InChI=1S/C18H15ClN2O2S2/c1-23-12-5-3-11(4-6-12)16-10-25-18(20-16)21-17(22)14-9-13(24-2)7-8-15(14)19/h3-10H,1-2H3,(H,20,21,22). The third-order valence-corrected chi connectivity index (χ3v) is 5.34. The van der Waals surface area contributed by atoms with E-state index in [1.165, 1.54) is 11.3 Å². The summed E-state index contributed by atoms with van der Waals surface area (Å²) in [6.07, 6.45) is 1.95. The van der Waals surface area contributed by atoms with E-state index in [1.54, 1.807) is 31.0 Å². The van der Waals surface area contributed by atoms with Crippen molar-refractivity contribution in [2.45, 2.75) is 4.90 Å². The third kappa shape index (κ3) is 4.15. The lowest BCUT2D eigenvalue weighted by Crippen LogP contribution is -2.12. The van der Waals surface area contributed by atoms with Gasteiger partial charge in [0.05, 0.1) is 23.4 Å². The molecule has 0 fully saturated rings. The summed E-state index contributed by atoms with van der Waals surface area (Å²) < 4.78 is 5.15. The van der Waals surface area contributed by atoms with Crippen molar-refractivity contribution in [1.82, 2.24) is 4.98 Å². The topological polar surface area (TPSA) is 51.2 Å². The van der Waals surface area contributed by atoms with Gasteiger partial charge >= 0.3 is 0 Å². The fourth-order valence-corrected chi connectivity index (χ4v) is 3.55. The molecule has 3 rings (SSSR count). The average molecular weight is 391 g/mol. The fourth-order valence-electron chi connectivity index (χ4n) is 2.20. The molecule has 0 unspecified atom stereocenters. The van der Waals surface area contributed by atoms with Crippen LogP contribution < -0.4 is 10.1 Å². The normalized spacial score (nSPS) is 10.5. The van der Waals surface area contributed by atoms with Crippen LogP contribution in [0, 0.1) is 0 Å². The number of halogens is 1. The number of anilines is 1. The van der Waals surface area contributed by atoms with Crippen molar-refractivity contribution in [1.29, 1.82) is 0 Å². The van der Waals surface area contributed by atoms with Crippen LogP contribution >= 0.6 is 34.7 Å². The lowest BCUT2D eigenvalue weighted by molar-refractivity contribution is 0.102. The number of thiazole rings is 1. The molecule has 0 aliphatic carbocycles. The minimum atomic E-state index is -0.267. The SMILES string of the molecule is COc1ccc(-c2csc(NC(=O)c3cc(SC)ccc3Cl)n2)cc1. The summed E-state index contributed by atoms with van der Waals surface area (Å²) in [4.78, 5) is 17.9. The Hall–Kier alpha value is -2.02. The maximum absolute atomic E-state index is 12.5. The number of nitrogens with one attached hydrogen (secondary N) is 1. The Morgan fingerprint density at radius 2 is 2.00 bits per heavy atom. The van der Waals surface area contributed by atoms with E-state index in [1.807, 2.05) is 42.0 Å². The van der Waals surface area contributed by atoms with Crippen molar-refractivity contribution < 1.29 is 9.53 Å². The molecule has 0 bridgehead atoms. The lowest BCUT2D eigenvalue weighted by Gasteiger charge is -2.06. The molecule has 0 aliphatic rings. The predicted molar refractivity (Wildman–Crippen MR) is 105 cm³/mol. The van der Waals surface area contributed by atoms with Crippen LogP contribution in [0.15, 0.2) is 52.7 Å². The van der Waals surface area contributed by atoms with Crippen molar-refractivity contribution in [2.75, 3.05) is 18.7 Å². The molecule has 4 nitrogen and oxygen atoms in total. The highest BCUT2D eigenvalue weighted by Crippen LogP contribution is 2.28. The van der Waals surface area contributed by atoms with Crippen molar-refractivity contribution in [3.8, 4) is 17.0 Å². The Bertz CT molecular complexity index is 894. The molecule has 0 radical (unpaired) electrons. The number of carbonyl (C=O) groups is 1. The molecule has 0 spiro atoms. The number of carbonyl (C=O) groups excluding carboxylic acids is 1. The van der Waals surface area contributed by atoms with Crippen LogP contribution in [0.2, 0.25) is 5.02 Å². The zero-order valence-corrected chi connectivity index (χ0v) is 16.0. The number of benzene rings is 2. The summed E-state index contributed by atoms with van der Waals surface area (Å²) in [6, 6.07) is 13.0. The predicted octanol–water partition coefficient (Wildman–Crippen LogP) is 5.45. The van der Waals surface area contributed by atoms with E-state index < -0.39 is 0 Å². The molecule has 1 N–H and O–H groups in total. The van der Waals surface area contributed by atoms with E-state index in [4.69, 9.17) is 16.3 Å². The van der Waals surface area contributed by atoms with Gasteiger partial charge in [0.25, 0.3) is 5.91 Å². The molecular formula is C18H15ClN2O2S2. The van der Waals surface area contributed by atoms with Gasteiger partial charge in [-0.25, -0.2) is 4.98 Å². The van der Waals surface area contributed by atoms with Gasteiger partial charge in [-0.2, -0.15) is 0 Å². The van der Waals surface area contributed by atoms with Gasteiger partial charge in [-0.05, 0) is 48.7 Å². The highest BCUT2D eigenvalue weighted by atomic mass is 35.5. The molecule has 0 saturated heterocycles. The smallest absolute Gasteiger partial charge is 0.258 e. The molecule has 128 valence electrons. The number of aromatic nitrogens is 1. The van der Waals surface area contributed by atoms with Crippen LogP contribution in [-0.4, -0.2) is 24.3 Å². The van der Waals surface area contributed by atoms with Crippen LogP contribution in [0.4, 0.5) is 5.13 Å². The number of ether oxygens (including phenoxy) is 1. The van der Waals surface area contributed by atoms with Crippen molar-refractivity contribution in [3.05, 3.63) is 58.4 Å². The molecule has 0 saturated carbocycles. The van der Waals surface area contributed by atoms with Gasteiger partial charge in [-0.1, -0.05) is 11.6 Å². The molecule has 2 aromatic carbocycles. The number of rotatable bonds is 5. The van der Waals surface area contributed by atoms with Crippen LogP contribution in [-0.2, 0) is 0 Å². The summed E-state index contributed by atoms with van der Waals surface area (Å²) in [5, 5.41) is 5.66. The van der Waals surface area contributed by atoms with Crippen LogP contribution in [0.25, 0.3) is 11.3 Å². The first-order valence-corrected chi connectivity index (χ1v) is 9.84. The van der Waals surface area contributed by atoms with Crippen molar-refractivity contribution in [2.24, 2.45) is 0 Å². The number of methoxy groups -OCH3 is 1. The molecule has 0 atom stereocenters. The van der Waals surface area contributed by atoms with E-state index in [2.05, 4.69) is 10.3 Å². The monoisotopic (exact) mass is 390 g/mol. The van der Waals surface area contributed by atoms with E-state index in [-0.39, 0.29) is 5.91 Å². The zero-order valence-electron chi connectivity index (χ0n) is 13.6. The molecule has 1 amide bonds. The summed E-state index contributed by atoms with van der Waals surface area (Å²) in [5.74, 6) is 0.521. The summed E-state index contributed by atoms with van der Waals surface area (Å²) in [7, 11) is 1.63. The van der Waals surface area contributed by atoms with Gasteiger partial charge in [-0.3, -0.25) is 10.1 Å². The molecule has 7 heteroatoms. The lowest BCUT2D eigenvalue weighted by atomic mass is 10.2. The van der Waals surface area contributed by atoms with Gasteiger partial charge in [0.15, 0.2) is 5.13 Å². The molecule has 0 aliphatic heterocycles. The second kappa shape index (κ2) is 7.91. The minimum Gasteiger partial charge on any atom is -0.497 e. The Labute approximate surface area is 159 Å². The van der Waals surface area contributed by atoms with Gasteiger partial charge in [0.1, 0.15) is 5.75 Å². The highest BCUT2D eigenvalue weighted by molar-refractivity contribution is 7.98. The second-order valence-corrected chi connectivity index (χ2v) is 7.21. The zero-order chi connectivity index (χ0) is 17.8. The number of nitrogens with zero attached hydrogens (tertiary/aromatic N) is 1. The molecule has 3 aromatic rings. The van der Waals surface area contributed by atoms with E-state index >= 15 is 0 Å². The maximum atomic E-state index is 12.5. The number of amides is 1. The Balaban J connectivity index is 1.77. The summed E-state index contributed by atoms with van der Waals surface area (Å²) in [5.41, 5.74) is 2.20. The summed E-state index contributed by atoms with van der Waals surface area (Å²) >= 11 is 9.07. The van der Waals surface area contributed by atoms with E-state index in [0.717, 1.165) is 21.9 Å². The number of hydrogen-bond acceptors (Lipinski definition) is 5. The molecule has 1 aromatic heterocycles. The number of hydrogen-bond donors (Lipinski definition) is 1. The first-order chi connectivity index (χ1) is 12.1. The maximum Gasteiger partial charge on any atom is 0.258 e. The Morgan fingerprint density at radius 1 is 1.24 bits per heavy atom. The highest BCUT2D eigenvalue weighted by Gasteiger charge is 2.14. The van der Waals surface area contributed by atoms with Gasteiger partial charge in [0, 0.05) is 15.8 Å². The quantitative estimate of drug-likeness (QED) is 0.589. The molecular weight excluding hydrogens is 376 g/mol. The minimum absolute atomic E-state index is 0.267. The van der Waals surface area contributed by atoms with Crippen molar-refractivity contribution >= 4 is 45.7 Å². The van der Waals surface area contributed by atoms with Crippen LogP contribution in [0.3, 0.4) is 0 Å². The van der Waals surface area contributed by atoms with Crippen LogP contribution in [0.1, 0.15) is 10.4 Å². The van der Waals surface area contributed by atoms with E-state index in [0.29, 0.717) is 15.7 Å². The number of thioether (sulfide) groups is 1. The fraction of sp³-hybridized carbons (Fsp3) is 0.111. The molecule has 25 heavy (non-hydrogen) atoms. The first kappa shape index (κ1) is 17.8. The Morgan fingerprint density at radius 3 is 2.68 bits per heavy atom. The third-order valence-electron chi connectivity index (χ3n) is 3.53. The largest absolute Gasteiger partial charge is 0.497 e.